The number of hydrogen-bond donors (Lipinski definition) is 0. The van der Waals surface area contributed by atoms with Crippen LogP contribution in [0.15, 0.2) is 65.8 Å². The summed E-state index contributed by atoms with van der Waals surface area (Å²) in [6, 6.07) is 19.2. The number of hydrogen-bond acceptors (Lipinski definition) is 5. The fraction of sp³-hybridized carbons (Fsp3) is 0.176. The molecule has 2 aromatic carbocycles. The Morgan fingerprint density at radius 2 is 1.71 bits per heavy atom. The molecule has 3 rings (SSSR count). The number of nitro groups is 1. The van der Waals surface area contributed by atoms with Crippen molar-refractivity contribution in [3.05, 3.63) is 82.2 Å². The maximum atomic E-state index is 11.1. The molecular formula is C17H16N4O2S. The van der Waals surface area contributed by atoms with Gasteiger partial charge in [-0.05, 0) is 24.6 Å². The van der Waals surface area contributed by atoms with Gasteiger partial charge in [0, 0.05) is 10.6 Å². The summed E-state index contributed by atoms with van der Waals surface area (Å²) in [5.74, 6) is 0.747. The van der Waals surface area contributed by atoms with Crippen molar-refractivity contribution in [3.8, 4) is 5.69 Å². The van der Waals surface area contributed by atoms with Gasteiger partial charge in [-0.3, -0.25) is 14.7 Å². The normalized spacial score (nSPS) is 12.0. The van der Waals surface area contributed by atoms with Crippen molar-refractivity contribution >= 4 is 11.8 Å². The van der Waals surface area contributed by atoms with Crippen LogP contribution in [0.4, 0.5) is 0 Å². The van der Waals surface area contributed by atoms with E-state index in [9.17, 15) is 10.1 Å². The lowest BCUT2D eigenvalue weighted by Crippen LogP contribution is -2.11. The van der Waals surface area contributed by atoms with Crippen LogP contribution in [0.25, 0.3) is 5.69 Å². The van der Waals surface area contributed by atoms with Crippen molar-refractivity contribution in [3.63, 3.8) is 0 Å². The molecule has 0 amide bonds. The molecule has 0 aliphatic carbocycles. The van der Waals surface area contributed by atoms with Crippen molar-refractivity contribution in [2.75, 3.05) is 6.54 Å². The number of rotatable bonds is 6. The molecule has 0 aliphatic heterocycles. The molecule has 1 heterocycles. The lowest BCUT2D eigenvalue weighted by Gasteiger charge is -2.14. The Hall–Kier alpha value is -2.67. The summed E-state index contributed by atoms with van der Waals surface area (Å²) in [4.78, 5) is 10.8. The van der Waals surface area contributed by atoms with Crippen LogP contribution < -0.4 is 0 Å². The minimum absolute atomic E-state index is 0.171. The third kappa shape index (κ3) is 3.62. The SMILES string of the molecule is Cc1nnc(S[C@@H](C[N+](=O)[O-])c2ccccc2)n1-c1ccccc1. The summed E-state index contributed by atoms with van der Waals surface area (Å²) < 4.78 is 1.92. The van der Waals surface area contributed by atoms with Gasteiger partial charge < -0.3 is 0 Å². The van der Waals surface area contributed by atoms with Gasteiger partial charge in [-0.1, -0.05) is 60.3 Å². The second-order valence-electron chi connectivity index (χ2n) is 5.23. The zero-order valence-corrected chi connectivity index (χ0v) is 13.9. The van der Waals surface area contributed by atoms with Gasteiger partial charge in [0.05, 0.1) is 0 Å². The molecular weight excluding hydrogens is 324 g/mol. The average Bonchev–Trinajstić information content (AvgIpc) is 2.96. The van der Waals surface area contributed by atoms with Crippen molar-refractivity contribution in [1.82, 2.24) is 14.8 Å². The van der Waals surface area contributed by atoms with E-state index in [1.807, 2.05) is 72.2 Å². The summed E-state index contributed by atoms with van der Waals surface area (Å²) >= 11 is 1.36. The van der Waals surface area contributed by atoms with E-state index in [0.29, 0.717) is 5.16 Å². The zero-order valence-electron chi connectivity index (χ0n) is 13.1. The highest BCUT2D eigenvalue weighted by Crippen LogP contribution is 2.35. The van der Waals surface area contributed by atoms with Crippen LogP contribution in [0.2, 0.25) is 0 Å². The van der Waals surface area contributed by atoms with Crippen LogP contribution in [0.1, 0.15) is 16.6 Å². The molecule has 0 unspecified atom stereocenters. The molecule has 6 nitrogen and oxygen atoms in total. The standard InChI is InChI=1S/C17H16N4O2S/c1-13-18-19-17(21(13)15-10-6-3-7-11-15)24-16(12-20(22)23)14-8-4-2-5-9-14/h2-11,16H,12H2,1H3/t16-/m0/s1. The maximum Gasteiger partial charge on any atom is 0.220 e. The maximum absolute atomic E-state index is 11.1. The summed E-state index contributed by atoms with van der Waals surface area (Å²) in [6.45, 7) is 1.70. The van der Waals surface area contributed by atoms with Crippen molar-refractivity contribution < 1.29 is 4.92 Å². The van der Waals surface area contributed by atoms with Crippen molar-refractivity contribution in [1.29, 1.82) is 0 Å². The number of thioether (sulfide) groups is 1. The fourth-order valence-electron chi connectivity index (χ4n) is 2.43. The number of aromatic nitrogens is 3. The molecule has 0 saturated carbocycles. The predicted molar refractivity (Wildman–Crippen MR) is 93.0 cm³/mol. The van der Waals surface area contributed by atoms with E-state index < -0.39 is 0 Å². The van der Waals surface area contributed by atoms with Crippen LogP contribution >= 0.6 is 11.8 Å². The number of benzene rings is 2. The number of aryl methyl sites for hydroxylation is 1. The Labute approximate surface area is 143 Å². The molecule has 3 aromatic rings. The molecule has 0 aliphatic rings. The molecule has 0 saturated heterocycles. The molecule has 0 bridgehead atoms. The van der Waals surface area contributed by atoms with Gasteiger partial charge in [-0.2, -0.15) is 0 Å². The summed E-state index contributed by atoms with van der Waals surface area (Å²) in [7, 11) is 0. The molecule has 0 N–H and O–H groups in total. The molecule has 1 aromatic heterocycles. The highest BCUT2D eigenvalue weighted by molar-refractivity contribution is 7.99. The van der Waals surface area contributed by atoms with Gasteiger partial charge in [-0.25, -0.2) is 0 Å². The van der Waals surface area contributed by atoms with Crippen LogP contribution in [0, 0.1) is 17.0 Å². The van der Waals surface area contributed by atoms with Gasteiger partial charge in [0.1, 0.15) is 11.1 Å². The quantitative estimate of drug-likeness (QED) is 0.389. The number of para-hydroxylation sites is 1. The van der Waals surface area contributed by atoms with Crippen LogP contribution in [-0.2, 0) is 0 Å². The van der Waals surface area contributed by atoms with E-state index >= 15 is 0 Å². The van der Waals surface area contributed by atoms with Gasteiger partial charge in [-0.15, -0.1) is 10.2 Å². The largest absolute Gasteiger partial charge is 0.274 e. The van der Waals surface area contributed by atoms with Crippen molar-refractivity contribution in [2.45, 2.75) is 17.3 Å². The molecule has 0 fully saturated rings. The first-order valence-corrected chi connectivity index (χ1v) is 8.34. The Morgan fingerprint density at radius 3 is 2.33 bits per heavy atom. The first-order chi connectivity index (χ1) is 11.6. The zero-order chi connectivity index (χ0) is 16.9. The Bertz CT molecular complexity index is 821. The highest BCUT2D eigenvalue weighted by atomic mass is 32.2. The van der Waals surface area contributed by atoms with E-state index in [0.717, 1.165) is 17.1 Å². The molecule has 7 heteroatoms. The third-order valence-corrected chi connectivity index (χ3v) is 4.72. The summed E-state index contributed by atoms with van der Waals surface area (Å²) in [5, 5.41) is 19.8. The monoisotopic (exact) mass is 340 g/mol. The lowest BCUT2D eigenvalue weighted by atomic mass is 10.1. The molecule has 0 spiro atoms. The van der Waals surface area contributed by atoms with Gasteiger partial charge in [0.2, 0.25) is 6.54 Å². The molecule has 1 atom stereocenters. The Kier molecular flexibility index (Phi) is 4.90. The lowest BCUT2D eigenvalue weighted by molar-refractivity contribution is -0.479. The third-order valence-electron chi connectivity index (χ3n) is 3.54. The Morgan fingerprint density at radius 1 is 1.08 bits per heavy atom. The first-order valence-electron chi connectivity index (χ1n) is 7.46. The van der Waals surface area contributed by atoms with E-state index in [1.165, 1.54) is 11.8 Å². The smallest absolute Gasteiger partial charge is 0.220 e. The van der Waals surface area contributed by atoms with Gasteiger partial charge >= 0.3 is 0 Å². The second kappa shape index (κ2) is 7.27. The van der Waals surface area contributed by atoms with Gasteiger partial charge in [0.15, 0.2) is 5.16 Å². The van der Waals surface area contributed by atoms with Crippen LogP contribution in [0.3, 0.4) is 0 Å². The van der Waals surface area contributed by atoms with E-state index in [1.54, 1.807) is 0 Å². The van der Waals surface area contributed by atoms with Crippen LogP contribution in [0.5, 0.6) is 0 Å². The minimum atomic E-state index is -0.327. The number of nitrogens with zero attached hydrogens (tertiary/aromatic N) is 4. The van der Waals surface area contributed by atoms with Crippen LogP contribution in [-0.4, -0.2) is 26.2 Å². The summed E-state index contributed by atoms with van der Waals surface area (Å²) in [6.07, 6.45) is 0. The molecule has 0 radical (unpaired) electrons. The predicted octanol–water partition coefficient (Wildman–Crippen LogP) is 3.69. The fourth-order valence-corrected chi connectivity index (χ4v) is 3.61. The van der Waals surface area contributed by atoms with Crippen molar-refractivity contribution in [2.24, 2.45) is 0 Å². The minimum Gasteiger partial charge on any atom is -0.274 e. The van der Waals surface area contributed by atoms with Gasteiger partial charge in [0.25, 0.3) is 0 Å². The summed E-state index contributed by atoms with van der Waals surface area (Å²) in [5.41, 5.74) is 1.84. The molecule has 122 valence electrons. The topological polar surface area (TPSA) is 73.8 Å². The second-order valence-corrected chi connectivity index (χ2v) is 6.40. The Balaban J connectivity index is 1.95. The van der Waals surface area contributed by atoms with E-state index in [-0.39, 0.29) is 16.7 Å². The van der Waals surface area contributed by atoms with E-state index in [4.69, 9.17) is 0 Å². The van der Waals surface area contributed by atoms with E-state index in [2.05, 4.69) is 10.2 Å². The average molecular weight is 340 g/mol. The molecule has 24 heavy (non-hydrogen) atoms. The highest BCUT2D eigenvalue weighted by Gasteiger charge is 2.23. The first kappa shape index (κ1) is 16.2.